The summed E-state index contributed by atoms with van der Waals surface area (Å²) in [7, 11) is 0. The standard InChI is InChI=1S/C15H17Br2N3/c16-12-5-4-11(8-13(12)17)9-19-14-2-1-3-15(14)20-7-6-18-10-20/h4-8,10,14-15,19H,1-3,9H2. The molecule has 1 aromatic heterocycles. The molecule has 0 saturated heterocycles. The Bertz CT molecular complexity index is 569. The molecule has 1 fully saturated rings. The lowest BCUT2D eigenvalue weighted by atomic mass is 10.1. The predicted molar refractivity (Wildman–Crippen MR) is 87.6 cm³/mol. The first-order valence-corrected chi connectivity index (χ1v) is 8.47. The van der Waals surface area contributed by atoms with E-state index in [0.717, 1.165) is 15.5 Å². The van der Waals surface area contributed by atoms with Gasteiger partial charge in [-0.2, -0.15) is 0 Å². The van der Waals surface area contributed by atoms with Crippen molar-refractivity contribution in [3.05, 3.63) is 51.4 Å². The molecule has 0 aliphatic heterocycles. The van der Waals surface area contributed by atoms with Crippen LogP contribution in [0.25, 0.3) is 0 Å². The Balaban J connectivity index is 1.64. The Morgan fingerprint density at radius 1 is 1.25 bits per heavy atom. The number of halogens is 2. The molecule has 2 atom stereocenters. The maximum absolute atomic E-state index is 4.16. The van der Waals surface area contributed by atoms with Crippen LogP contribution < -0.4 is 5.32 Å². The highest BCUT2D eigenvalue weighted by molar-refractivity contribution is 9.13. The van der Waals surface area contributed by atoms with Crippen molar-refractivity contribution in [3.63, 3.8) is 0 Å². The lowest BCUT2D eigenvalue weighted by Gasteiger charge is -2.22. The maximum Gasteiger partial charge on any atom is 0.0949 e. The molecule has 0 bridgehead atoms. The van der Waals surface area contributed by atoms with E-state index in [9.17, 15) is 0 Å². The Morgan fingerprint density at radius 2 is 2.15 bits per heavy atom. The lowest BCUT2D eigenvalue weighted by molar-refractivity contribution is 0.390. The van der Waals surface area contributed by atoms with Gasteiger partial charge < -0.3 is 9.88 Å². The van der Waals surface area contributed by atoms with Crippen molar-refractivity contribution in [2.45, 2.75) is 37.9 Å². The molecule has 2 unspecified atom stereocenters. The molecule has 0 spiro atoms. The topological polar surface area (TPSA) is 29.9 Å². The van der Waals surface area contributed by atoms with Crippen molar-refractivity contribution >= 4 is 31.9 Å². The van der Waals surface area contributed by atoms with E-state index >= 15 is 0 Å². The highest BCUT2D eigenvalue weighted by atomic mass is 79.9. The smallest absolute Gasteiger partial charge is 0.0949 e. The van der Waals surface area contributed by atoms with Gasteiger partial charge in [-0.05, 0) is 68.8 Å². The van der Waals surface area contributed by atoms with Gasteiger partial charge in [0.15, 0.2) is 0 Å². The molecule has 1 aromatic carbocycles. The first-order chi connectivity index (χ1) is 9.74. The fourth-order valence-electron chi connectivity index (χ4n) is 2.90. The molecule has 1 N–H and O–H groups in total. The third kappa shape index (κ3) is 3.15. The van der Waals surface area contributed by atoms with Crippen molar-refractivity contribution in [3.8, 4) is 0 Å². The van der Waals surface area contributed by atoms with Crippen LogP contribution in [0, 0.1) is 0 Å². The second kappa shape index (κ2) is 6.41. The monoisotopic (exact) mass is 397 g/mol. The summed E-state index contributed by atoms with van der Waals surface area (Å²) < 4.78 is 4.44. The summed E-state index contributed by atoms with van der Waals surface area (Å²) in [6.45, 7) is 0.905. The van der Waals surface area contributed by atoms with E-state index in [1.54, 1.807) is 0 Å². The summed E-state index contributed by atoms with van der Waals surface area (Å²) in [6, 6.07) is 7.48. The van der Waals surface area contributed by atoms with E-state index in [2.05, 4.69) is 71.1 Å². The molecule has 3 rings (SSSR count). The minimum absolute atomic E-state index is 0.534. The van der Waals surface area contributed by atoms with Crippen molar-refractivity contribution in [2.75, 3.05) is 0 Å². The van der Waals surface area contributed by atoms with Gasteiger partial charge in [0.2, 0.25) is 0 Å². The van der Waals surface area contributed by atoms with E-state index in [1.165, 1.54) is 24.8 Å². The second-order valence-electron chi connectivity index (χ2n) is 5.24. The first-order valence-electron chi connectivity index (χ1n) is 6.89. The molecular weight excluding hydrogens is 382 g/mol. The molecule has 1 saturated carbocycles. The molecule has 0 radical (unpaired) electrons. The number of imidazole rings is 1. The summed E-state index contributed by atoms with van der Waals surface area (Å²) in [5, 5.41) is 3.70. The number of nitrogens with zero attached hydrogens (tertiary/aromatic N) is 2. The number of hydrogen-bond acceptors (Lipinski definition) is 2. The number of benzene rings is 1. The molecule has 20 heavy (non-hydrogen) atoms. The van der Waals surface area contributed by atoms with Crippen molar-refractivity contribution in [2.24, 2.45) is 0 Å². The van der Waals surface area contributed by atoms with Crippen molar-refractivity contribution in [1.29, 1.82) is 0 Å². The number of hydrogen-bond donors (Lipinski definition) is 1. The van der Waals surface area contributed by atoms with Crippen LogP contribution in [0.3, 0.4) is 0 Å². The Kier molecular flexibility index (Phi) is 4.58. The van der Waals surface area contributed by atoms with Crippen molar-refractivity contribution < 1.29 is 0 Å². The fraction of sp³-hybridized carbons (Fsp3) is 0.400. The van der Waals surface area contributed by atoms with Gasteiger partial charge in [-0.25, -0.2) is 4.98 Å². The van der Waals surface area contributed by atoms with Gasteiger partial charge in [-0.1, -0.05) is 6.07 Å². The third-order valence-electron chi connectivity index (χ3n) is 3.94. The average Bonchev–Trinajstić information content (AvgIpc) is 3.09. The van der Waals surface area contributed by atoms with E-state index in [0.29, 0.717) is 12.1 Å². The van der Waals surface area contributed by atoms with Gasteiger partial charge in [-0.15, -0.1) is 0 Å². The van der Waals surface area contributed by atoms with Gasteiger partial charge in [0.1, 0.15) is 0 Å². The molecule has 3 nitrogen and oxygen atoms in total. The van der Waals surface area contributed by atoms with Gasteiger partial charge in [-0.3, -0.25) is 0 Å². The molecule has 1 aliphatic rings. The largest absolute Gasteiger partial charge is 0.333 e. The molecule has 2 aromatic rings. The van der Waals surface area contributed by atoms with Crippen LogP contribution in [0.2, 0.25) is 0 Å². The zero-order valence-electron chi connectivity index (χ0n) is 11.1. The van der Waals surface area contributed by atoms with Crippen LogP contribution in [0.5, 0.6) is 0 Å². The Labute approximate surface area is 136 Å². The summed E-state index contributed by atoms with van der Waals surface area (Å²) in [4.78, 5) is 4.16. The fourth-order valence-corrected chi connectivity index (χ4v) is 3.57. The quantitative estimate of drug-likeness (QED) is 0.832. The normalized spacial score (nSPS) is 22.3. The Hall–Kier alpha value is -0.650. The summed E-state index contributed by atoms with van der Waals surface area (Å²) >= 11 is 7.06. The molecular formula is C15H17Br2N3. The highest BCUT2D eigenvalue weighted by Crippen LogP contribution is 2.30. The van der Waals surface area contributed by atoms with Crippen LogP contribution in [-0.2, 0) is 6.54 Å². The highest BCUT2D eigenvalue weighted by Gasteiger charge is 2.27. The SMILES string of the molecule is Brc1ccc(CNC2CCCC2n2ccnc2)cc1Br. The van der Waals surface area contributed by atoms with Gasteiger partial charge in [0.05, 0.1) is 6.33 Å². The van der Waals surface area contributed by atoms with E-state index in [-0.39, 0.29) is 0 Å². The number of nitrogens with one attached hydrogen (secondary N) is 1. The zero-order valence-corrected chi connectivity index (χ0v) is 14.3. The molecule has 1 aliphatic carbocycles. The maximum atomic E-state index is 4.16. The van der Waals surface area contributed by atoms with Crippen LogP contribution in [0.1, 0.15) is 30.9 Å². The summed E-state index contributed by atoms with van der Waals surface area (Å²) in [5.74, 6) is 0. The van der Waals surface area contributed by atoms with Crippen molar-refractivity contribution in [1.82, 2.24) is 14.9 Å². The Morgan fingerprint density at radius 3 is 2.90 bits per heavy atom. The van der Waals surface area contributed by atoms with Crippen LogP contribution in [0.15, 0.2) is 45.9 Å². The second-order valence-corrected chi connectivity index (χ2v) is 6.95. The number of aromatic nitrogens is 2. The first kappa shape index (κ1) is 14.3. The van der Waals surface area contributed by atoms with Gasteiger partial charge in [0, 0.05) is 40.0 Å². The van der Waals surface area contributed by atoms with Crippen LogP contribution in [-0.4, -0.2) is 15.6 Å². The summed E-state index contributed by atoms with van der Waals surface area (Å²) in [5.41, 5.74) is 1.30. The van der Waals surface area contributed by atoms with Gasteiger partial charge in [0.25, 0.3) is 0 Å². The van der Waals surface area contributed by atoms with E-state index in [1.807, 2.05) is 12.5 Å². The third-order valence-corrected chi connectivity index (χ3v) is 5.82. The molecule has 0 amide bonds. The summed E-state index contributed by atoms with van der Waals surface area (Å²) in [6.07, 6.45) is 9.62. The number of rotatable bonds is 4. The molecule has 106 valence electrons. The van der Waals surface area contributed by atoms with Gasteiger partial charge >= 0.3 is 0 Å². The van der Waals surface area contributed by atoms with Crippen LogP contribution in [0.4, 0.5) is 0 Å². The van der Waals surface area contributed by atoms with E-state index < -0.39 is 0 Å². The molecule has 5 heteroatoms. The zero-order chi connectivity index (χ0) is 13.9. The minimum Gasteiger partial charge on any atom is -0.333 e. The van der Waals surface area contributed by atoms with E-state index in [4.69, 9.17) is 0 Å². The van der Waals surface area contributed by atoms with Crippen LogP contribution >= 0.6 is 31.9 Å². The lowest BCUT2D eigenvalue weighted by Crippen LogP contribution is -2.33. The predicted octanol–water partition coefficient (Wildman–Crippen LogP) is 4.29. The molecule has 1 heterocycles. The minimum atomic E-state index is 0.534. The average molecular weight is 399 g/mol.